The Balaban J connectivity index is 1.70. The number of carbonyl (C=O) groups is 1. The molecular formula is C17H29NO2. The molecule has 0 aromatic carbocycles. The van der Waals surface area contributed by atoms with Crippen LogP contribution in [0.1, 0.15) is 51.9 Å². The van der Waals surface area contributed by atoms with Crippen LogP contribution in [0.2, 0.25) is 0 Å². The van der Waals surface area contributed by atoms with Gasteiger partial charge in [-0.3, -0.25) is 4.79 Å². The molecule has 4 saturated carbocycles. The van der Waals surface area contributed by atoms with E-state index in [4.69, 9.17) is 4.74 Å². The van der Waals surface area contributed by atoms with Crippen LogP contribution in [0.15, 0.2) is 0 Å². The van der Waals surface area contributed by atoms with Crippen molar-refractivity contribution in [2.45, 2.75) is 51.9 Å². The zero-order chi connectivity index (χ0) is 14.4. The van der Waals surface area contributed by atoms with E-state index in [-0.39, 0.29) is 11.4 Å². The maximum atomic E-state index is 12.7. The van der Waals surface area contributed by atoms with E-state index in [9.17, 15) is 4.79 Å². The molecule has 3 heteroatoms. The van der Waals surface area contributed by atoms with Gasteiger partial charge in [-0.25, -0.2) is 0 Å². The van der Waals surface area contributed by atoms with E-state index >= 15 is 0 Å². The van der Waals surface area contributed by atoms with Crippen LogP contribution in [0.4, 0.5) is 0 Å². The van der Waals surface area contributed by atoms with E-state index in [0.29, 0.717) is 12.0 Å². The van der Waals surface area contributed by atoms with Crippen molar-refractivity contribution < 1.29 is 9.53 Å². The molecule has 0 saturated heterocycles. The van der Waals surface area contributed by atoms with E-state index in [1.54, 1.807) is 0 Å². The maximum absolute atomic E-state index is 12.7. The summed E-state index contributed by atoms with van der Waals surface area (Å²) in [7, 11) is 4.04. The van der Waals surface area contributed by atoms with Gasteiger partial charge < -0.3 is 9.64 Å². The normalized spacial score (nSPS) is 42.2. The van der Waals surface area contributed by atoms with Crippen molar-refractivity contribution in [1.29, 1.82) is 0 Å². The number of likely N-dealkylation sites (N-methyl/N-ethyl adjacent to an activating group) is 1. The molecule has 4 rings (SSSR count). The minimum absolute atomic E-state index is 0.117. The summed E-state index contributed by atoms with van der Waals surface area (Å²) in [6, 6.07) is 0. The van der Waals surface area contributed by atoms with Crippen LogP contribution in [0.25, 0.3) is 0 Å². The van der Waals surface area contributed by atoms with Gasteiger partial charge in [-0.15, -0.1) is 0 Å². The van der Waals surface area contributed by atoms with Gasteiger partial charge in [0, 0.05) is 6.54 Å². The van der Waals surface area contributed by atoms with Crippen LogP contribution in [0.3, 0.4) is 0 Å². The highest BCUT2D eigenvalue weighted by atomic mass is 16.5. The molecule has 2 unspecified atom stereocenters. The van der Waals surface area contributed by atoms with Crippen molar-refractivity contribution in [2.75, 3.05) is 27.2 Å². The molecule has 4 bridgehead atoms. The largest absolute Gasteiger partial charge is 0.464 e. The number of hydrogen-bond acceptors (Lipinski definition) is 3. The van der Waals surface area contributed by atoms with Gasteiger partial charge in [0.1, 0.15) is 6.61 Å². The number of ether oxygens (including phenoxy) is 1. The molecule has 0 radical (unpaired) electrons. The Labute approximate surface area is 123 Å². The molecule has 0 spiro atoms. The van der Waals surface area contributed by atoms with Gasteiger partial charge in [0.25, 0.3) is 0 Å². The number of nitrogens with zero attached hydrogens (tertiary/aromatic N) is 1. The zero-order valence-corrected chi connectivity index (χ0v) is 13.3. The third-order valence-corrected chi connectivity index (χ3v) is 6.14. The molecule has 114 valence electrons. The quantitative estimate of drug-likeness (QED) is 0.724. The fourth-order valence-corrected chi connectivity index (χ4v) is 5.58. The van der Waals surface area contributed by atoms with Crippen molar-refractivity contribution in [3.05, 3.63) is 0 Å². The smallest absolute Gasteiger partial charge is 0.312 e. The molecule has 4 atom stereocenters. The molecule has 4 fully saturated rings. The lowest BCUT2D eigenvalue weighted by molar-refractivity contribution is -0.181. The van der Waals surface area contributed by atoms with Crippen molar-refractivity contribution in [2.24, 2.45) is 22.7 Å². The average molecular weight is 279 g/mol. The van der Waals surface area contributed by atoms with E-state index in [0.717, 1.165) is 37.6 Å². The lowest BCUT2D eigenvalue weighted by atomic mass is 9.43. The van der Waals surface area contributed by atoms with Crippen molar-refractivity contribution in [1.82, 2.24) is 4.90 Å². The number of rotatable bonds is 5. The Kier molecular flexibility index (Phi) is 3.60. The Morgan fingerprint density at radius 2 is 1.85 bits per heavy atom. The summed E-state index contributed by atoms with van der Waals surface area (Å²) in [4.78, 5) is 14.8. The van der Waals surface area contributed by atoms with Crippen LogP contribution < -0.4 is 0 Å². The Morgan fingerprint density at radius 1 is 1.20 bits per heavy atom. The molecule has 0 aliphatic heterocycles. The number of carbonyl (C=O) groups excluding carboxylic acids is 1. The highest BCUT2D eigenvalue weighted by Gasteiger charge is 2.60. The Bertz CT molecular complexity index is 376. The van der Waals surface area contributed by atoms with E-state index < -0.39 is 0 Å². The minimum atomic E-state index is -0.119. The summed E-state index contributed by atoms with van der Waals surface area (Å²) in [5, 5.41) is 0. The maximum Gasteiger partial charge on any atom is 0.312 e. The molecule has 0 heterocycles. The van der Waals surface area contributed by atoms with Crippen LogP contribution >= 0.6 is 0 Å². The number of hydrogen-bond donors (Lipinski definition) is 0. The summed E-state index contributed by atoms with van der Waals surface area (Å²) in [6.07, 6.45) is 8.66. The van der Waals surface area contributed by atoms with Gasteiger partial charge in [-0.2, -0.15) is 0 Å². The van der Waals surface area contributed by atoms with Crippen LogP contribution in [0.5, 0.6) is 0 Å². The average Bonchev–Trinajstić information content (AvgIpc) is 2.36. The Hall–Kier alpha value is -0.570. The van der Waals surface area contributed by atoms with Gasteiger partial charge in [0.2, 0.25) is 0 Å². The highest BCUT2D eigenvalue weighted by Crippen LogP contribution is 2.66. The van der Waals surface area contributed by atoms with Gasteiger partial charge in [0.05, 0.1) is 5.41 Å². The molecule has 0 aromatic heterocycles. The monoisotopic (exact) mass is 279 g/mol. The first-order chi connectivity index (χ1) is 9.47. The molecule has 3 nitrogen and oxygen atoms in total. The molecule has 20 heavy (non-hydrogen) atoms. The topological polar surface area (TPSA) is 29.5 Å². The van der Waals surface area contributed by atoms with Gasteiger partial charge in [-0.05, 0) is 69.9 Å². The zero-order valence-electron chi connectivity index (χ0n) is 13.3. The van der Waals surface area contributed by atoms with Gasteiger partial charge >= 0.3 is 5.97 Å². The fraction of sp³-hybridized carbons (Fsp3) is 0.941. The predicted octanol–water partition coefficient (Wildman–Crippen LogP) is 3.09. The van der Waals surface area contributed by atoms with Crippen LogP contribution in [0, 0.1) is 22.7 Å². The lowest BCUT2D eigenvalue weighted by Crippen LogP contribution is -2.55. The first-order valence-electron chi connectivity index (χ1n) is 8.29. The van der Waals surface area contributed by atoms with E-state index in [1.807, 2.05) is 14.1 Å². The highest BCUT2D eigenvalue weighted by molar-refractivity contribution is 5.77. The molecule has 4 aliphatic rings. The minimum Gasteiger partial charge on any atom is -0.464 e. The van der Waals surface area contributed by atoms with Crippen LogP contribution in [-0.4, -0.2) is 38.1 Å². The second-order valence-electron chi connectivity index (χ2n) is 8.03. The van der Waals surface area contributed by atoms with Crippen molar-refractivity contribution >= 4 is 5.97 Å². The lowest BCUT2D eigenvalue weighted by Gasteiger charge is -2.61. The standard InChI is InChI=1S/C17H29NO2/c1-4-16-8-13-7-14(9-16)11-17(10-13,12-16)15(19)20-6-5-18(2)3/h13-14H,4-12H2,1-3H3/t13-,14+,16?,17?. The molecule has 0 amide bonds. The van der Waals surface area contributed by atoms with Gasteiger partial charge in [0.15, 0.2) is 0 Å². The number of esters is 1. The van der Waals surface area contributed by atoms with Crippen molar-refractivity contribution in [3.63, 3.8) is 0 Å². The summed E-state index contributed by atoms with van der Waals surface area (Å²) < 4.78 is 5.65. The molecular weight excluding hydrogens is 250 g/mol. The summed E-state index contributed by atoms with van der Waals surface area (Å²) in [6.45, 7) is 3.69. The summed E-state index contributed by atoms with van der Waals surface area (Å²) in [5.41, 5.74) is 0.344. The molecule has 4 aliphatic carbocycles. The summed E-state index contributed by atoms with van der Waals surface area (Å²) in [5.74, 6) is 1.70. The van der Waals surface area contributed by atoms with Gasteiger partial charge in [-0.1, -0.05) is 13.3 Å². The third-order valence-electron chi connectivity index (χ3n) is 6.14. The Morgan fingerprint density at radius 3 is 2.40 bits per heavy atom. The van der Waals surface area contributed by atoms with Crippen LogP contribution in [-0.2, 0) is 9.53 Å². The first kappa shape index (κ1) is 14.4. The van der Waals surface area contributed by atoms with E-state index in [2.05, 4.69) is 11.8 Å². The predicted molar refractivity (Wildman–Crippen MR) is 79.4 cm³/mol. The fourth-order valence-electron chi connectivity index (χ4n) is 5.58. The molecule has 0 aromatic rings. The van der Waals surface area contributed by atoms with Crippen molar-refractivity contribution in [3.8, 4) is 0 Å². The van der Waals surface area contributed by atoms with E-state index in [1.165, 1.54) is 25.7 Å². The molecule has 0 N–H and O–H groups in total. The first-order valence-corrected chi connectivity index (χ1v) is 8.29. The summed E-state index contributed by atoms with van der Waals surface area (Å²) >= 11 is 0. The second-order valence-corrected chi connectivity index (χ2v) is 8.03. The second kappa shape index (κ2) is 5.01. The SMILES string of the molecule is CCC12C[C@H]3C[C@@H](C1)CC(C(=O)OCCN(C)C)(C3)C2. The third kappa shape index (κ3) is 2.38.